The monoisotopic (exact) mass is 432 g/mol. The van der Waals surface area contributed by atoms with Gasteiger partial charge >= 0.3 is 5.97 Å². The van der Waals surface area contributed by atoms with Gasteiger partial charge in [0, 0.05) is 17.1 Å². The zero-order chi connectivity index (χ0) is 18.8. The number of thioether (sulfide) groups is 1. The van der Waals surface area contributed by atoms with Gasteiger partial charge in [-0.05, 0) is 54.2 Å². The van der Waals surface area contributed by atoms with E-state index in [9.17, 15) is 14.7 Å². The van der Waals surface area contributed by atoms with Crippen LogP contribution in [-0.2, 0) is 4.79 Å². The van der Waals surface area contributed by atoms with Gasteiger partial charge in [-0.1, -0.05) is 22.0 Å². The number of carbonyl (C=O) groups is 2. The summed E-state index contributed by atoms with van der Waals surface area (Å²) in [7, 11) is 1.59. The highest BCUT2D eigenvalue weighted by atomic mass is 79.9. The molecule has 0 bridgehead atoms. The maximum Gasteiger partial charge on any atom is 0.335 e. The van der Waals surface area contributed by atoms with Crippen LogP contribution in [-0.4, -0.2) is 39.2 Å². The highest BCUT2D eigenvalue weighted by Gasteiger charge is 2.30. The minimum atomic E-state index is -1.04. The Balaban J connectivity index is 1.94. The first-order valence-corrected chi connectivity index (χ1v) is 9.04. The zero-order valence-electron chi connectivity index (χ0n) is 13.5. The van der Waals surface area contributed by atoms with Crippen molar-refractivity contribution in [1.29, 1.82) is 0 Å². The lowest BCUT2D eigenvalue weighted by molar-refractivity contribution is -0.121. The maximum atomic E-state index is 12.5. The smallest absolute Gasteiger partial charge is 0.335 e. The molecule has 0 radical (unpaired) electrons. The number of benzene rings is 2. The fourth-order valence-corrected chi connectivity index (χ4v) is 3.61. The lowest BCUT2D eigenvalue weighted by atomic mass is 10.2. The number of aromatic hydroxyl groups is 1. The van der Waals surface area contributed by atoms with E-state index in [1.807, 2.05) is 0 Å². The van der Waals surface area contributed by atoms with E-state index >= 15 is 0 Å². The van der Waals surface area contributed by atoms with Crippen LogP contribution in [0, 0.1) is 0 Å². The van der Waals surface area contributed by atoms with Crippen LogP contribution < -0.4 is 0 Å². The number of carboxylic acids is 1. The third-order valence-corrected chi connectivity index (χ3v) is 5.15. The number of nitrogens with zero attached hydrogens (tertiary/aromatic N) is 2. The van der Waals surface area contributed by atoms with Crippen LogP contribution in [0.4, 0.5) is 5.69 Å². The predicted molar refractivity (Wildman–Crippen MR) is 105 cm³/mol. The lowest BCUT2D eigenvalue weighted by Crippen LogP contribution is -2.23. The molecule has 26 heavy (non-hydrogen) atoms. The van der Waals surface area contributed by atoms with Crippen LogP contribution in [0.1, 0.15) is 15.9 Å². The number of aliphatic imine (C=N–C) groups is 1. The number of halogens is 1. The number of hydrogen-bond donors (Lipinski definition) is 2. The number of phenols is 1. The molecule has 1 aliphatic rings. The van der Waals surface area contributed by atoms with Gasteiger partial charge in [0.25, 0.3) is 5.91 Å². The van der Waals surface area contributed by atoms with Gasteiger partial charge in [-0.3, -0.25) is 9.69 Å². The molecule has 2 N–H and O–H groups in total. The van der Waals surface area contributed by atoms with Crippen LogP contribution in [0.5, 0.6) is 5.75 Å². The molecule has 2 aromatic rings. The topological polar surface area (TPSA) is 90.2 Å². The Labute approximate surface area is 162 Å². The number of carbonyl (C=O) groups excluding carboxylic acids is 1. The molecule has 0 saturated carbocycles. The molecule has 8 heteroatoms. The molecule has 0 unspecified atom stereocenters. The first-order chi connectivity index (χ1) is 12.3. The molecule has 1 saturated heterocycles. The molecule has 132 valence electrons. The van der Waals surface area contributed by atoms with Crippen molar-refractivity contribution in [2.24, 2.45) is 4.99 Å². The summed E-state index contributed by atoms with van der Waals surface area (Å²) >= 11 is 4.49. The van der Waals surface area contributed by atoms with E-state index in [1.54, 1.807) is 37.4 Å². The SMILES string of the molecule is CN1C(=O)C(=Cc2cc(Br)ccc2O)SC1=Nc1cccc(C(=O)O)c1. The van der Waals surface area contributed by atoms with Crippen molar-refractivity contribution >= 4 is 56.5 Å². The van der Waals surface area contributed by atoms with E-state index in [-0.39, 0.29) is 17.2 Å². The van der Waals surface area contributed by atoms with E-state index in [1.165, 1.54) is 23.1 Å². The molecule has 2 aromatic carbocycles. The van der Waals surface area contributed by atoms with Gasteiger partial charge in [0.1, 0.15) is 5.75 Å². The van der Waals surface area contributed by atoms with E-state index in [0.717, 1.165) is 16.2 Å². The van der Waals surface area contributed by atoms with Gasteiger partial charge in [0.15, 0.2) is 5.17 Å². The van der Waals surface area contributed by atoms with Crippen LogP contribution >= 0.6 is 27.7 Å². The van der Waals surface area contributed by atoms with Gasteiger partial charge in [-0.15, -0.1) is 0 Å². The summed E-state index contributed by atoms with van der Waals surface area (Å²) in [5.41, 5.74) is 1.08. The van der Waals surface area contributed by atoms with E-state index in [0.29, 0.717) is 21.3 Å². The minimum Gasteiger partial charge on any atom is -0.507 e. The number of carboxylic acid groups (broad SMARTS) is 1. The highest BCUT2D eigenvalue weighted by Crippen LogP contribution is 2.35. The summed E-state index contributed by atoms with van der Waals surface area (Å²) < 4.78 is 0.783. The fourth-order valence-electron chi connectivity index (χ4n) is 2.25. The summed E-state index contributed by atoms with van der Waals surface area (Å²) in [6, 6.07) is 11.1. The normalized spacial score (nSPS) is 17.3. The molecule has 0 aliphatic carbocycles. The molecule has 1 heterocycles. The molecule has 3 rings (SSSR count). The fraction of sp³-hybridized carbons (Fsp3) is 0.0556. The molecule has 1 fully saturated rings. The number of amides is 1. The van der Waals surface area contributed by atoms with E-state index in [2.05, 4.69) is 20.9 Å². The molecule has 1 amide bonds. The van der Waals surface area contributed by atoms with Gasteiger partial charge in [-0.25, -0.2) is 9.79 Å². The van der Waals surface area contributed by atoms with Crippen molar-refractivity contribution in [3.8, 4) is 5.75 Å². The summed E-state index contributed by atoms with van der Waals surface area (Å²) in [5.74, 6) is -1.22. The lowest BCUT2D eigenvalue weighted by Gasteiger charge is -2.07. The second-order valence-electron chi connectivity index (χ2n) is 5.43. The Morgan fingerprint density at radius 1 is 1.27 bits per heavy atom. The third kappa shape index (κ3) is 3.81. The van der Waals surface area contributed by atoms with Crippen LogP contribution in [0.3, 0.4) is 0 Å². The average Bonchev–Trinajstić information content (AvgIpc) is 2.86. The second kappa shape index (κ2) is 7.35. The van der Waals surface area contributed by atoms with Gasteiger partial charge in [0.2, 0.25) is 0 Å². The standard InChI is InChI=1S/C18H13BrN2O4S/c1-21-16(23)15(9-11-7-12(19)5-6-14(11)22)26-18(21)20-13-4-2-3-10(8-13)17(24)25/h2-9,22H,1H3,(H,24,25). The summed E-state index contributed by atoms with van der Waals surface area (Å²) in [6.45, 7) is 0. The zero-order valence-corrected chi connectivity index (χ0v) is 15.9. The number of hydrogen-bond acceptors (Lipinski definition) is 5. The Morgan fingerprint density at radius 2 is 2.04 bits per heavy atom. The summed E-state index contributed by atoms with van der Waals surface area (Å²) in [6.07, 6.45) is 1.60. The third-order valence-electron chi connectivity index (χ3n) is 3.60. The second-order valence-corrected chi connectivity index (χ2v) is 7.35. The molecular weight excluding hydrogens is 420 g/mol. The van der Waals surface area contributed by atoms with Crippen LogP contribution in [0.25, 0.3) is 6.08 Å². The van der Waals surface area contributed by atoms with Crippen molar-refractivity contribution in [2.75, 3.05) is 7.05 Å². The van der Waals surface area contributed by atoms with Gasteiger partial charge in [0.05, 0.1) is 16.2 Å². The average molecular weight is 433 g/mol. The van der Waals surface area contributed by atoms with Gasteiger partial charge in [-0.2, -0.15) is 0 Å². The van der Waals surface area contributed by atoms with Crippen molar-refractivity contribution in [3.63, 3.8) is 0 Å². The Bertz CT molecular complexity index is 971. The van der Waals surface area contributed by atoms with E-state index in [4.69, 9.17) is 5.11 Å². The predicted octanol–water partition coefficient (Wildman–Crippen LogP) is 4.09. The maximum absolute atomic E-state index is 12.5. The molecule has 0 spiro atoms. The first-order valence-electron chi connectivity index (χ1n) is 7.43. The molecular formula is C18H13BrN2O4S. The number of phenolic OH excluding ortho intramolecular Hbond substituents is 1. The molecule has 0 atom stereocenters. The Kier molecular flexibility index (Phi) is 5.15. The number of rotatable bonds is 3. The highest BCUT2D eigenvalue weighted by molar-refractivity contribution is 9.10. The Morgan fingerprint density at radius 3 is 2.77 bits per heavy atom. The summed E-state index contributed by atoms with van der Waals surface area (Å²) in [5, 5.41) is 19.4. The number of amidine groups is 1. The largest absolute Gasteiger partial charge is 0.507 e. The molecule has 0 aromatic heterocycles. The van der Waals surface area contributed by atoms with Crippen molar-refractivity contribution in [3.05, 3.63) is 63.0 Å². The first kappa shape index (κ1) is 18.2. The summed E-state index contributed by atoms with van der Waals surface area (Å²) in [4.78, 5) is 29.7. The van der Waals surface area contributed by atoms with E-state index < -0.39 is 5.97 Å². The molecule has 6 nitrogen and oxygen atoms in total. The minimum absolute atomic E-state index is 0.0660. The molecule has 1 aliphatic heterocycles. The van der Waals surface area contributed by atoms with Crippen molar-refractivity contribution < 1.29 is 19.8 Å². The van der Waals surface area contributed by atoms with Crippen molar-refractivity contribution in [1.82, 2.24) is 4.90 Å². The quantitative estimate of drug-likeness (QED) is 0.712. The Hall–Kier alpha value is -2.58. The van der Waals surface area contributed by atoms with Crippen molar-refractivity contribution in [2.45, 2.75) is 0 Å². The van der Waals surface area contributed by atoms with Crippen LogP contribution in [0.15, 0.2) is 56.8 Å². The van der Waals surface area contributed by atoms with Gasteiger partial charge < -0.3 is 10.2 Å². The number of likely N-dealkylation sites (N-methyl/N-ethyl adjacent to an activating group) is 1. The number of aromatic carboxylic acids is 1. The van der Waals surface area contributed by atoms with Crippen LogP contribution in [0.2, 0.25) is 0 Å².